The fourth-order valence-electron chi connectivity index (χ4n) is 1.91. The van der Waals surface area contributed by atoms with Crippen LogP contribution in [-0.4, -0.2) is 4.98 Å². The zero-order valence-corrected chi connectivity index (χ0v) is 14.5. The van der Waals surface area contributed by atoms with E-state index in [1.54, 1.807) is 5.38 Å². The van der Waals surface area contributed by atoms with Gasteiger partial charge in [-0.2, -0.15) is 0 Å². The molecular weight excluding hydrogens is 361 g/mol. The molecular formula is C16H14Cl2F2N2S. The number of halogens is 4. The van der Waals surface area contributed by atoms with Crippen LogP contribution in [0.4, 0.5) is 19.6 Å². The number of aromatic nitrogens is 1. The molecule has 0 fully saturated rings. The van der Waals surface area contributed by atoms with Gasteiger partial charge in [0.05, 0.1) is 5.69 Å². The Bertz CT molecular complexity index is 776. The van der Waals surface area contributed by atoms with E-state index in [0.29, 0.717) is 16.4 Å². The summed E-state index contributed by atoms with van der Waals surface area (Å²) >= 11 is 1.37. The Hall–Kier alpha value is -1.69. The second-order valence-corrected chi connectivity index (χ2v) is 5.51. The van der Waals surface area contributed by atoms with Crippen molar-refractivity contribution in [3.05, 3.63) is 65.0 Å². The Morgan fingerprint density at radius 3 is 2.35 bits per heavy atom. The molecule has 0 aliphatic rings. The molecule has 0 saturated carbocycles. The summed E-state index contributed by atoms with van der Waals surface area (Å²) in [6, 6.07) is 11.4. The van der Waals surface area contributed by atoms with E-state index in [9.17, 15) is 8.78 Å². The van der Waals surface area contributed by atoms with Gasteiger partial charge in [-0.3, -0.25) is 0 Å². The lowest BCUT2D eigenvalue weighted by Crippen LogP contribution is -1.90. The van der Waals surface area contributed by atoms with Gasteiger partial charge in [-0.1, -0.05) is 17.7 Å². The normalized spacial score (nSPS) is 9.70. The lowest BCUT2D eigenvalue weighted by molar-refractivity contribution is 0.585. The van der Waals surface area contributed by atoms with Crippen LogP contribution in [0.2, 0.25) is 0 Å². The number of hydrogen-bond acceptors (Lipinski definition) is 3. The molecule has 0 amide bonds. The van der Waals surface area contributed by atoms with Gasteiger partial charge in [0.25, 0.3) is 0 Å². The van der Waals surface area contributed by atoms with Crippen molar-refractivity contribution in [2.45, 2.75) is 6.92 Å². The van der Waals surface area contributed by atoms with E-state index >= 15 is 0 Å². The van der Waals surface area contributed by atoms with Crippen LogP contribution in [0, 0.1) is 18.6 Å². The lowest BCUT2D eigenvalue weighted by Gasteiger charge is -2.02. The molecule has 0 saturated heterocycles. The molecule has 2 nitrogen and oxygen atoms in total. The molecule has 2 aromatic carbocycles. The molecule has 7 heteroatoms. The summed E-state index contributed by atoms with van der Waals surface area (Å²) in [7, 11) is 0. The summed E-state index contributed by atoms with van der Waals surface area (Å²) < 4.78 is 26.6. The second-order valence-electron chi connectivity index (χ2n) is 4.65. The van der Waals surface area contributed by atoms with Gasteiger partial charge < -0.3 is 5.32 Å². The highest BCUT2D eigenvalue weighted by molar-refractivity contribution is 7.14. The molecule has 3 aromatic rings. The zero-order valence-electron chi connectivity index (χ0n) is 12.0. The fourth-order valence-corrected chi connectivity index (χ4v) is 2.64. The van der Waals surface area contributed by atoms with Gasteiger partial charge in [-0.15, -0.1) is 36.2 Å². The van der Waals surface area contributed by atoms with Crippen molar-refractivity contribution in [3.63, 3.8) is 0 Å². The maximum atomic E-state index is 13.7. The number of rotatable bonds is 3. The van der Waals surface area contributed by atoms with Crippen LogP contribution < -0.4 is 5.32 Å². The first kappa shape index (κ1) is 19.4. The molecule has 23 heavy (non-hydrogen) atoms. The first-order chi connectivity index (χ1) is 10.1. The molecule has 0 atom stereocenters. The summed E-state index contributed by atoms with van der Waals surface area (Å²) in [6.07, 6.45) is 0. The second kappa shape index (κ2) is 8.24. The molecule has 1 heterocycles. The number of nitrogens with one attached hydrogen (secondary N) is 1. The van der Waals surface area contributed by atoms with Gasteiger partial charge in [0.15, 0.2) is 5.13 Å². The first-order valence-corrected chi connectivity index (χ1v) is 7.24. The topological polar surface area (TPSA) is 24.9 Å². The predicted molar refractivity (Wildman–Crippen MR) is 96.4 cm³/mol. The molecule has 0 bridgehead atoms. The standard InChI is InChI=1S/C16H12F2N2S.2ClH/c1-10-2-5-12(6-3-10)19-16-20-15(9-21-16)13-7-4-11(17)8-14(13)18;;/h2-9H,1H3,(H,19,20);2*1H. The van der Waals surface area contributed by atoms with E-state index in [4.69, 9.17) is 0 Å². The average Bonchev–Trinajstić information content (AvgIpc) is 2.90. The highest BCUT2D eigenvalue weighted by Crippen LogP contribution is 2.29. The van der Waals surface area contributed by atoms with Crippen molar-refractivity contribution in [1.82, 2.24) is 4.98 Å². The van der Waals surface area contributed by atoms with Crippen molar-refractivity contribution >= 4 is 47.0 Å². The summed E-state index contributed by atoms with van der Waals surface area (Å²) in [5, 5.41) is 5.57. The van der Waals surface area contributed by atoms with Crippen LogP contribution in [-0.2, 0) is 0 Å². The van der Waals surface area contributed by atoms with Crippen LogP contribution >= 0.6 is 36.2 Å². The molecule has 3 rings (SSSR count). The Labute approximate surface area is 149 Å². The first-order valence-electron chi connectivity index (χ1n) is 6.36. The SMILES string of the molecule is Cc1ccc(Nc2nc(-c3ccc(F)cc3F)cs2)cc1.Cl.Cl. The van der Waals surface area contributed by atoms with Gasteiger partial charge in [-0.25, -0.2) is 13.8 Å². The van der Waals surface area contributed by atoms with Gasteiger partial charge >= 0.3 is 0 Å². The number of thiazole rings is 1. The Kier molecular flexibility index (Phi) is 6.94. The van der Waals surface area contributed by atoms with E-state index in [2.05, 4.69) is 10.3 Å². The van der Waals surface area contributed by atoms with Gasteiger partial charge in [-0.05, 0) is 31.2 Å². The number of benzene rings is 2. The van der Waals surface area contributed by atoms with Crippen molar-refractivity contribution in [3.8, 4) is 11.3 Å². The summed E-state index contributed by atoms with van der Waals surface area (Å²) in [4.78, 5) is 4.33. The highest BCUT2D eigenvalue weighted by atomic mass is 35.5. The maximum absolute atomic E-state index is 13.7. The summed E-state index contributed by atoms with van der Waals surface area (Å²) in [6.45, 7) is 2.02. The zero-order chi connectivity index (χ0) is 14.8. The minimum Gasteiger partial charge on any atom is -0.332 e. The monoisotopic (exact) mass is 374 g/mol. The van der Waals surface area contributed by atoms with Crippen molar-refractivity contribution in [2.75, 3.05) is 5.32 Å². The largest absolute Gasteiger partial charge is 0.332 e. The number of hydrogen-bond donors (Lipinski definition) is 1. The molecule has 0 radical (unpaired) electrons. The highest BCUT2D eigenvalue weighted by Gasteiger charge is 2.10. The van der Waals surface area contributed by atoms with Crippen LogP contribution in [0.15, 0.2) is 47.8 Å². The molecule has 122 valence electrons. The molecule has 1 N–H and O–H groups in total. The summed E-state index contributed by atoms with van der Waals surface area (Å²) in [5.74, 6) is -1.20. The van der Waals surface area contributed by atoms with E-state index in [0.717, 1.165) is 11.8 Å². The quantitative estimate of drug-likeness (QED) is 0.609. The maximum Gasteiger partial charge on any atom is 0.187 e. The number of aryl methyl sites for hydroxylation is 1. The van der Waals surface area contributed by atoms with Crippen molar-refractivity contribution < 1.29 is 8.78 Å². The Morgan fingerprint density at radius 2 is 1.70 bits per heavy atom. The molecule has 1 aromatic heterocycles. The Balaban J connectivity index is 0.00000132. The number of anilines is 2. The van der Waals surface area contributed by atoms with Gasteiger partial charge in [0.2, 0.25) is 0 Å². The van der Waals surface area contributed by atoms with E-state index in [1.165, 1.54) is 29.0 Å². The van der Waals surface area contributed by atoms with Crippen molar-refractivity contribution in [2.24, 2.45) is 0 Å². The van der Waals surface area contributed by atoms with Crippen LogP contribution in [0.5, 0.6) is 0 Å². The van der Waals surface area contributed by atoms with E-state index < -0.39 is 11.6 Å². The molecule has 0 spiro atoms. The smallest absolute Gasteiger partial charge is 0.187 e. The lowest BCUT2D eigenvalue weighted by atomic mass is 10.1. The van der Waals surface area contributed by atoms with Crippen LogP contribution in [0.1, 0.15) is 5.56 Å². The van der Waals surface area contributed by atoms with E-state index in [1.807, 2.05) is 31.2 Å². The van der Waals surface area contributed by atoms with Gasteiger partial charge in [0, 0.05) is 22.7 Å². The molecule has 0 unspecified atom stereocenters. The Morgan fingerprint density at radius 1 is 1.00 bits per heavy atom. The van der Waals surface area contributed by atoms with Crippen molar-refractivity contribution in [1.29, 1.82) is 0 Å². The van der Waals surface area contributed by atoms with Crippen LogP contribution in [0.3, 0.4) is 0 Å². The minimum absolute atomic E-state index is 0. The van der Waals surface area contributed by atoms with Crippen LogP contribution in [0.25, 0.3) is 11.3 Å². The molecule has 0 aliphatic carbocycles. The fraction of sp³-hybridized carbons (Fsp3) is 0.0625. The predicted octanol–water partition coefficient (Wildman–Crippen LogP) is 5.98. The van der Waals surface area contributed by atoms with E-state index in [-0.39, 0.29) is 24.8 Å². The molecule has 0 aliphatic heterocycles. The third kappa shape index (κ3) is 4.64. The average molecular weight is 375 g/mol. The third-order valence-corrected chi connectivity index (χ3v) is 3.77. The number of nitrogens with zero attached hydrogens (tertiary/aromatic N) is 1. The van der Waals surface area contributed by atoms with Gasteiger partial charge in [0.1, 0.15) is 11.6 Å². The minimum atomic E-state index is -0.609. The third-order valence-electron chi connectivity index (χ3n) is 3.01. The summed E-state index contributed by atoms with van der Waals surface area (Å²) in [5.41, 5.74) is 2.88.